The molecule has 0 aliphatic carbocycles. The summed E-state index contributed by atoms with van der Waals surface area (Å²) in [5.74, 6) is -0.936. The first-order valence-corrected chi connectivity index (χ1v) is 4.70. The van der Waals surface area contributed by atoms with Crippen molar-refractivity contribution in [1.82, 2.24) is 0 Å². The summed E-state index contributed by atoms with van der Waals surface area (Å²) >= 11 is 0. The van der Waals surface area contributed by atoms with Crippen molar-refractivity contribution in [2.24, 2.45) is 0 Å². The second-order valence-corrected chi connectivity index (χ2v) is 3.01. The Kier molecular flexibility index (Phi) is 4.24. The van der Waals surface area contributed by atoms with E-state index in [0.717, 1.165) is 0 Å². The molecule has 0 saturated carbocycles. The van der Waals surface area contributed by atoms with E-state index in [1.807, 2.05) is 0 Å². The molecule has 0 unspecified atom stereocenters. The molecule has 0 heterocycles. The van der Waals surface area contributed by atoms with Crippen molar-refractivity contribution in [2.45, 2.75) is 19.2 Å². The molecule has 1 rings (SSSR count). The van der Waals surface area contributed by atoms with Crippen molar-refractivity contribution >= 4 is 5.97 Å². The monoisotopic (exact) mass is 212 g/mol. The zero-order valence-corrected chi connectivity index (χ0v) is 8.39. The molecule has 82 valence electrons. The Morgan fingerprint density at radius 2 is 2.07 bits per heavy atom. The Labute approximate surface area is 87.5 Å². The lowest BCUT2D eigenvalue weighted by atomic mass is 10.1. The van der Waals surface area contributed by atoms with Crippen LogP contribution in [0.3, 0.4) is 0 Å². The molecule has 0 saturated heterocycles. The number of rotatable bonds is 4. The van der Waals surface area contributed by atoms with E-state index in [1.54, 1.807) is 25.1 Å². The Bertz CT molecular complexity index is 313. The maximum atomic E-state index is 13.6. The highest BCUT2D eigenvalue weighted by atomic mass is 19.1. The van der Waals surface area contributed by atoms with Crippen LogP contribution in [-0.4, -0.2) is 23.8 Å². The van der Waals surface area contributed by atoms with Gasteiger partial charge in [0.1, 0.15) is 0 Å². The van der Waals surface area contributed by atoms with Gasteiger partial charge in [-0.25, -0.2) is 9.18 Å². The molecule has 0 fully saturated rings. The standard InChI is InChI=1S/C11H13FO3/c1-2-15-11(14)10(13)9(12)8-6-4-3-5-7-8/h3-7,9-10,13H,2H2,1H3/t9-,10-/m1/s1. The van der Waals surface area contributed by atoms with E-state index in [-0.39, 0.29) is 12.2 Å². The fraction of sp³-hybridized carbons (Fsp3) is 0.364. The van der Waals surface area contributed by atoms with E-state index in [2.05, 4.69) is 4.74 Å². The van der Waals surface area contributed by atoms with Gasteiger partial charge >= 0.3 is 5.97 Å². The third kappa shape index (κ3) is 3.02. The van der Waals surface area contributed by atoms with Crippen LogP contribution in [0.1, 0.15) is 18.7 Å². The van der Waals surface area contributed by atoms with E-state index in [0.29, 0.717) is 0 Å². The fourth-order valence-electron chi connectivity index (χ4n) is 1.17. The molecule has 0 aliphatic rings. The van der Waals surface area contributed by atoms with Gasteiger partial charge in [-0.1, -0.05) is 30.3 Å². The summed E-state index contributed by atoms with van der Waals surface area (Å²) in [5, 5.41) is 9.32. The van der Waals surface area contributed by atoms with Crippen molar-refractivity contribution in [3.05, 3.63) is 35.9 Å². The molecule has 0 aromatic heterocycles. The minimum absolute atomic E-state index is 0.122. The predicted octanol–water partition coefficient (Wildman–Crippen LogP) is 1.62. The zero-order valence-electron chi connectivity index (χ0n) is 8.39. The van der Waals surface area contributed by atoms with Crippen LogP contribution in [0.25, 0.3) is 0 Å². The second kappa shape index (κ2) is 5.46. The summed E-state index contributed by atoms with van der Waals surface area (Å²) in [7, 11) is 0. The van der Waals surface area contributed by atoms with Gasteiger partial charge in [-0.2, -0.15) is 0 Å². The highest BCUT2D eigenvalue weighted by Gasteiger charge is 2.28. The van der Waals surface area contributed by atoms with Crippen LogP contribution in [-0.2, 0) is 9.53 Å². The molecule has 2 atom stereocenters. The maximum absolute atomic E-state index is 13.6. The van der Waals surface area contributed by atoms with E-state index < -0.39 is 18.2 Å². The van der Waals surface area contributed by atoms with Crippen LogP contribution >= 0.6 is 0 Å². The number of esters is 1. The smallest absolute Gasteiger partial charge is 0.338 e. The molecule has 1 N–H and O–H groups in total. The second-order valence-electron chi connectivity index (χ2n) is 3.01. The quantitative estimate of drug-likeness (QED) is 0.771. The van der Waals surface area contributed by atoms with Gasteiger partial charge in [0.25, 0.3) is 0 Å². The molecule has 3 nitrogen and oxygen atoms in total. The molecule has 0 aliphatic heterocycles. The molecular weight excluding hydrogens is 199 g/mol. The Hall–Kier alpha value is -1.42. The number of carbonyl (C=O) groups excluding carboxylic acids is 1. The molecule has 1 aromatic rings. The first-order valence-electron chi connectivity index (χ1n) is 4.70. The molecule has 0 spiro atoms. The summed E-state index contributed by atoms with van der Waals surface area (Å²) in [6.45, 7) is 1.72. The van der Waals surface area contributed by atoms with E-state index in [9.17, 15) is 14.3 Å². The summed E-state index contributed by atoms with van der Waals surface area (Å²) < 4.78 is 18.1. The number of aliphatic hydroxyl groups excluding tert-OH is 1. The van der Waals surface area contributed by atoms with Crippen LogP contribution < -0.4 is 0 Å². The summed E-state index contributed by atoms with van der Waals surface area (Å²) in [6.07, 6.45) is -3.50. The van der Waals surface area contributed by atoms with Crippen LogP contribution in [0.2, 0.25) is 0 Å². The minimum Gasteiger partial charge on any atom is -0.464 e. The van der Waals surface area contributed by atoms with Crippen molar-refractivity contribution in [3.8, 4) is 0 Å². The zero-order chi connectivity index (χ0) is 11.3. The van der Waals surface area contributed by atoms with Gasteiger partial charge in [0.2, 0.25) is 0 Å². The van der Waals surface area contributed by atoms with Crippen LogP contribution in [0.5, 0.6) is 0 Å². The lowest BCUT2D eigenvalue weighted by Gasteiger charge is -2.14. The average Bonchev–Trinajstić information content (AvgIpc) is 2.28. The van der Waals surface area contributed by atoms with E-state index >= 15 is 0 Å². The van der Waals surface area contributed by atoms with Crippen LogP contribution in [0.15, 0.2) is 30.3 Å². The Morgan fingerprint density at radius 1 is 1.47 bits per heavy atom. The predicted molar refractivity (Wildman–Crippen MR) is 52.9 cm³/mol. The normalized spacial score (nSPS) is 14.3. The van der Waals surface area contributed by atoms with Crippen molar-refractivity contribution in [3.63, 3.8) is 0 Å². The van der Waals surface area contributed by atoms with Gasteiger partial charge in [-0.15, -0.1) is 0 Å². The topological polar surface area (TPSA) is 46.5 Å². The number of benzene rings is 1. The van der Waals surface area contributed by atoms with Crippen LogP contribution in [0, 0.1) is 0 Å². The number of aliphatic hydroxyl groups is 1. The van der Waals surface area contributed by atoms with Gasteiger partial charge in [0, 0.05) is 0 Å². The highest BCUT2D eigenvalue weighted by molar-refractivity contribution is 5.75. The van der Waals surface area contributed by atoms with Crippen LogP contribution in [0.4, 0.5) is 4.39 Å². The Morgan fingerprint density at radius 3 is 2.60 bits per heavy atom. The minimum atomic E-state index is -1.76. The molecule has 0 radical (unpaired) electrons. The van der Waals surface area contributed by atoms with Gasteiger partial charge < -0.3 is 9.84 Å². The molecule has 0 bridgehead atoms. The van der Waals surface area contributed by atoms with E-state index in [1.165, 1.54) is 12.1 Å². The first-order chi connectivity index (χ1) is 7.16. The van der Waals surface area contributed by atoms with Crippen molar-refractivity contribution in [2.75, 3.05) is 6.61 Å². The van der Waals surface area contributed by atoms with Crippen molar-refractivity contribution in [1.29, 1.82) is 0 Å². The first kappa shape index (κ1) is 11.7. The van der Waals surface area contributed by atoms with Gasteiger partial charge in [0.15, 0.2) is 12.3 Å². The third-order valence-corrected chi connectivity index (χ3v) is 1.92. The van der Waals surface area contributed by atoms with Gasteiger partial charge in [-0.3, -0.25) is 0 Å². The largest absolute Gasteiger partial charge is 0.464 e. The molecule has 1 aromatic carbocycles. The average molecular weight is 212 g/mol. The van der Waals surface area contributed by atoms with Gasteiger partial charge in [-0.05, 0) is 12.5 Å². The number of halogens is 1. The molecule has 4 heteroatoms. The number of alkyl halides is 1. The molecular formula is C11H13FO3. The lowest BCUT2D eigenvalue weighted by molar-refractivity contribution is -0.156. The molecule has 0 amide bonds. The number of hydrogen-bond donors (Lipinski definition) is 1. The Balaban J connectivity index is 2.68. The number of hydrogen-bond acceptors (Lipinski definition) is 3. The fourth-order valence-corrected chi connectivity index (χ4v) is 1.17. The third-order valence-electron chi connectivity index (χ3n) is 1.92. The lowest BCUT2D eigenvalue weighted by Crippen LogP contribution is -2.27. The summed E-state index contributed by atoms with van der Waals surface area (Å²) in [6, 6.07) is 8.02. The van der Waals surface area contributed by atoms with E-state index in [4.69, 9.17) is 0 Å². The number of ether oxygens (including phenoxy) is 1. The molecule has 15 heavy (non-hydrogen) atoms. The highest BCUT2D eigenvalue weighted by Crippen LogP contribution is 2.21. The maximum Gasteiger partial charge on any atom is 0.338 e. The number of carbonyl (C=O) groups is 1. The SMILES string of the molecule is CCOC(=O)[C@H](O)[C@H](F)c1ccccc1. The van der Waals surface area contributed by atoms with Crippen molar-refractivity contribution < 1.29 is 19.0 Å². The summed E-state index contributed by atoms with van der Waals surface area (Å²) in [4.78, 5) is 11.0. The summed E-state index contributed by atoms with van der Waals surface area (Å²) in [5.41, 5.74) is 0.262. The van der Waals surface area contributed by atoms with Gasteiger partial charge in [0.05, 0.1) is 6.61 Å².